The largest absolute Gasteiger partial charge is 0.393 e. The first-order valence-electron chi connectivity index (χ1n) is 9.70. The third-order valence-electron chi connectivity index (χ3n) is 5.77. The average molecular weight is 418 g/mol. The lowest BCUT2D eigenvalue weighted by Crippen LogP contribution is -2.30. The summed E-state index contributed by atoms with van der Waals surface area (Å²) < 4.78 is 6.05. The number of ether oxygens (including phenoxy) is 1. The van der Waals surface area contributed by atoms with E-state index in [0.717, 1.165) is 34.4 Å². The molecule has 148 valence electrons. The number of hydrogen-bond acceptors (Lipinski definition) is 5. The number of nitrogens with zero attached hydrogens (tertiary/aromatic N) is 1. The summed E-state index contributed by atoms with van der Waals surface area (Å²) in [6.45, 7) is 1.84. The van der Waals surface area contributed by atoms with Crippen LogP contribution in [0.4, 0.5) is 0 Å². The molecule has 3 atom stereocenters. The normalized spacial score (nSPS) is 26.0. The summed E-state index contributed by atoms with van der Waals surface area (Å²) in [5, 5.41) is 30.0. The Morgan fingerprint density at radius 1 is 1.29 bits per heavy atom. The number of hydrogen-bond donors (Lipinski definition) is 2. The molecule has 2 aliphatic rings. The first kappa shape index (κ1) is 19.9. The summed E-state index contributed by atoms with van der Waals surface area (Å²) >= 11 is 8.19. The summed E-state index contributed by atoms with van der Waals surface area (Å²) in [6, 6.07) is 10.4. The van der Waals surface area contributed by atoms with Gasteiger partial charge in [-0.15, -0.1) is 11.3 Å². The Labute approximate surface area is 174 Å². The predicted molar refractivity (Wildman–Crippen MR) is 110 cm³/mol. The Balaban J connectivity index is 1.62. The van der Waals surface area contributed by atoms with Gasteiger partial charge in [0.25, 0.3) is 0 Å². The minimum Gasteiger partial charge on any atom is -0.393 e. The summed E-state index contributed by atoms with van der Waals surface area (Å²) in [5.41, 5.74) is 2.36. The van der Waals surface area contributed by atoms with Crippen LogP contribution < -0.4 is 0 Å². The highest BCUT2D eigenvalue weighted by molar-refractivity contribution is 7.12. The topological polar surface area (TPSA) is 73.5 Å². The second kappa shape index (κ2) is 7.78. The Hall–Kier alpha value is -1.42. The van der Waals surface area contributed by atoms with Crippen LogP contribution in [0.1, 0.15) is 65.2 Å². The van der Waals surface area contributed by atoms with Crippen molar-refractivity contribution in [2.75, 3.05) is 0 Å². The van der Waals surface area contributed by atoms with Crippen LogP contribution in [-0.2, 0) is 23.2 Å². The van der Waals surface area contributed by atoms with Crippen molar-refractivity contribution in [3.63, 3.8) is 0 Å². The first-order chi connectivity index (χ1) is 13.4. The van der Waals surface area contributed by atoms with Gasteiger partial charge in [0.1, 0.15) is 0 Å². The van der Waals surface area contributed by atoms with Gasteiger partial charge in [-0.25, -0.2) is 0 Å². The molecule has 0 radical (unpaired) electrons. The molecule has 2 aromatic rings. The van der Waals surface area contributed by atoms with Crippen molar-refractivity contribution in [3.05, 3.63) is 55.7 Å². The van der Waals surface area contributed by atoms with Crippen LogP contribution in [-0.4, -0.2) is 22.4 Å². The lowest BCUT2D eigenvalue weighted by atomic mass is 9.91. The van der Waals surface area contributed by atoms with Crippen LogP contribution in [0.5, 0.6) is 0 Å². The third kappa shape index (κ3) is 3.85. The Morgan fingerprint density at radius 3 is 2.71 bits per heavy atom. The molecule has 0 amide bonds. The number of aliphatic hydroxyl groups excluding tert-OH is 2. The third-order valence-corrected chi connectivity index (χ3v) is 7.42. The zero-order valence-corrected chi connectivity index (χ0v) is 17.4. The molecule has 2 N–H and O–H groups in total. The number of halogens is 1. The van der Waals surface area contributed by atoms with Gasteiger partial charge >= 0.3 is 0 Å². The maximum atomic E-state index is 10.1. The number of nitriles is 1. The van der Waals surface area contributed by atoms with E-state index < -0.39 is 6.10 Å². The van der Waals surface area contributed by atoms with E-state index in [1.54, 1.807) is 11.3 Å². The molecule has 6 heteroatoms. The molecular formula is C22H24ClNO3S. The summed E-state index contributed by atoms with van der Waals surface area (Å²) in [4.78, 5) is 2.31. The average Bonchev–Trinajstić information content (AvgIpc) is 3.33. The molecule has 1 saturated carbocycles. The Bertz CT molecular complexity index is 905. The highest BCUT2D eigenvalue weighted by Crippen LogP contribution is 2.50. The van der Waals surface area contributed by atoms with E-state index in [9.17, 15) is 15.5 Å². The van der Waals surface area contributed by atoms with E-state index in [-0.39, 0.29) is 24.2 Å². The standard InChI is InChI=1S/C22H24ClNO3S/c1-13-6-16(26)10-20(27-13)18-8-14(19(23)9-15(18)11-25)7-17-2-3-21(28-17)22(12-24)4-5-22/h2-3,8-9,13,16,20,25-26H,4-7,10-11H2,1H3. The summed E-state index contributed by atoms with van der Waals surface area (Å²) in [7, 11) is 0. The van der Waals surface area contributed by atoms with Gasteiger partial charge in [-0.2, -0.15) is 5.26 Å². The summed E-state index contributed by atoms with van der Waals surface area (Å²) in [6.07, 6.45) is 3.03. The van der Waals surface area contributed by atoms with E-state index in [4.69, 9.17) is 16.3 Å². The van der Waals surface area contributed by atoms with E-state index in [1.165, 1.54) is 4.88 Å². The predicted octanol–water partition coefficient (Wildman–Crippen LogP) is 4.64. The molecule has 1 aliphatic carbocycles. The molecule has 2 fully saturated rings. The molecule has 4 nitrogen and oxygen atoms in total. The maximum absolute atomic E-state index is 10.1. The molecule has 3 unspecified atom stereocenters. The SMILES string of the molecule is CC1CC(O)CC(c2cc(Cc3ccc(C4(C#N)CC4)s3)c(Cl)cc2CO)O1. The second-order valence-electron chi connectivity index (χ2n) is 8.00. The maximum Gasteiger partial charge on any atom is 0.0916 e. The zero-order valence-electron chi connectivity index (χ0n) is 15.8. The van der Waals surface area contributed by atoms with Gasteiger partial charge in [0.05, 0.1) is 36.4 Å². The molecular weight excluding hydrogens is 394 g/mol. The highest BCUT2D eigenvalue weighted by Gasteiger charge is 2.46. The van der Waals surface area contributed by atoms with Crippen molar-refractivity contribution in [1.82, 2.24) is 0 Å². The molecule has 28 heavy (non-hydrogen) atoms. The highest BCUT2D eigenvalue weighted by atomic mass is 35.5. The second-order valence-corrected chi connectivity index (χ2v) is 9.57. The quantitative estimate of drug-likeness (QED) is 0.743. The van der Waals surface area contributed by atoms with Crippen LogP contribution in [0.3, 0.4) is 0 Å². The Morgan fingerprint density at radius 2 is 2.07 bits per heavy atom. The number of thiophene rings is 1. The fraction of sp³-hybridized carbons (Fsp3) is 0.500. The lowest BCUT2D eigenvalue weighted by Gasteiger charge is -2.33. The van der Waals surface area contributed by atoms with E-state index >= 15 is 0 Å². The number of benzene rings is 1. The van der Waals surface area contributed by atoms with Gasteiger partial charge in [-0.05, 0) is 61.1 Å². The molecule has 0 spiro atoms. The van der Waals surface area contributed by atoms with Crippen LogP contribution in [0.15, 0.2) is 24.3 Å². The summed E-state index contributed by atoms with van der Waals surface area (Å²) in [5.74, 6) is 0. The van der Waals surface area contributed by atoms with Crippen LogP contribution in [0.2, 0.25) is 5.02 Å². The molecule has 1 saturated heterocycles. The van der Waals surface area contributed by atoms with E-state index in [0.29, 0.717) is 24.3 Å². The van der Waals surface area contributed by atoms with Gasteiger partial charge in [0.15, 0.2) is 0 Å². The fourth-order valence-corrected chi connectivity index (χ4v) is 5.51. The van der Waals surface area contributed by atoms with Crippen molar-refractivity contribution in [2.24, 2.45) is 0 Å². The molecule has 0 bridgehead atoms. The van der Waals surface area contributed by atoms with Crippen LogP contribution in [0, 0.1) is 11.3 Å². The fourth-order valence-electron chi connectivity index (χ4n) is 4.02. The zero-order chi connectivity index (χ0) is 19.9. The monoisotopic (exact) mass is 417 g/mol. The minimum atomic E-state index is -0.403. The molecule has 1 aromatic carbocycles. The van der Waals surface area contributed by atoms with Gasteiger partial charge in [-0.1, -0.05) is 17.7 Å². The first-order valence-corrected chi connectivity index (χ1v) is 10.9. The number of aliphatic hydroxyl groups is 2. The molecule has 4 rings (SSSR count). The van der Waals surface area contributed by atoms with Gasteiger partial charge < -0.3 is 14.9 Å². The molecule has 1 aromatic heterocycles. The van der Waals surface area contributed by atoms with Crippen molar-refractivity contribution in [3.8, 4) is 6.07 Å². The minimum absolute atomic E-state index is 0.0278. The van der Waals surface area contributed by atoms with Gasteiger partial charge in [0.2, 0.25) is 0 Å². The Kier molecular flexibility index (Phi) is 5.52. The smallest absolute Gasteiger partial charge is 0.0916 e. The van der Waals surface area contributed by atoms with Crippen molar-refractivity contribution < 1.29 is 14.9 Å². The lowest BCUT2D eigenvalue weighted by molar-refractivity contribution is -0.0901. The number of rotatable bonds is 5. The van der Waals surface area contributed by atoms with Gasteiger partial charge in [0, 0.05) is 27.6 Å². The molecule has 1 aliphatic heterocycles. The van der Waals surface area contributed by atoms with Crippen molar-refractivity contribution in [1.29, 1.82) is 5.26 Å². The molecule has 2 heterocycles. The van der Waals surface area contributed by atoms with Crippen molar-refractivity contribution in [2.45, 2.75) is 69.4 Å². The van der Waals surface area contributed by atoms with E-state index in [1.807, 2.05) is 19.1 Å². The van der Waals surface area contributed by atoms with Crippen molar-refractivity contribution >= 4 is 22.9 Å². The van der Waals surface area contributed by atoms with Gasteiger partial charge in [-0.3, -0.25) is 0 Å². The van der Waals surface area contributed by atoms with Crippen LogP contribution >= 0.6 is 22.9 Å². The van der Waals surface area contributed by atoms with E-state index in [2.05, 4.69) is 18.2 Å². The van der Waals surface area contributed by atoms with Crippen LogP contribution in [0.25, 0.3) is 0 Å².